The molecule has 0 spiro atoms. The monoisotopic (exact) mass is 286 g/mol. The first-order valence-electron chi connectivity index (χ1n) is 6.53. The molecule has 2 rings (SSSR count). The molecule has 0 aliphatic carbocycles. The van der Waals surface area contributed by atoms with Crippen LogP contribution in [0.4, 0.5) is 0 Å². The summed E-state index contributed by atoms with van der Waals surface area (Å²) < 4.78 is 0. The summed E-state index contributed by atoms with van der Waals surface area (Å²) in [5.41, 5.74) is 1.24. The van der Waals surface area contributed by atoms with E-state index in [-0.39, 0.29) is 0 Å². The zero-order valence-electron chi connectivity index (χ0n) is 11.5. The van der Waals surface area contributed by atoms with Crippen molar-refractivity contribution in [2.45, 2.75) is 23.8 Å². The average molecular weight is 286 g/mol. The van der Waals surface area contributed by atoms with Gasteiger partial charge < -0.3 is 9.90 Å². The summed E-state index contributed by atoms with van der Waals surface area (Å²) in [6, 6.07) is 18.5. The highest BCUT2D eigenvalue weighted by Gasteiger charge is 2.19. The largest absolute Gasteiger partial charge is 0.382 e. The molecule has 0 saturated carbocycles. The molecule has 2 aromatic rings. The van der Waals surface area contributed by atoms with Crippen molar-refractivity contribution in [3.8, 4) is 0 Å². The van der Waals surface area contributed by atoms with Crippen LogP contribution in [0.25, 0.3) is 0 Å². The van der Waals surface area contributed by atoms with E-state index in [2.05, 4.69) is 24.3 Å². The SMILES string of the molecule is CC(O)(C=O)CSc1cccc(Cc2ccccc2)c1. The molecule has 0 aliphatic rings. The maximum atomic E-state index is 10.7. The minimum atomic E-state index is -1.26. The zero-order chi connectivity index (χ0) is 14.4. The van der Waals surface area contributed by atoms with E-state index in [9.17, 15) is 9.90 Å². The van der Waals surface area contributed by atoms with E-state index in [0.717, 1.165) is 11.3 Å². The van der Waals surface area contributed by atoms with E-state index in [1.54, 1.807) is 0 Å². The van der Waals surface area contributed by atoms with Crippen molar-refractivity contribution in [2.24, 2.45) is 0 Å². The Kier molecular flexibility index (Phi) is 4.99. The Morgan fingerprint density at radius 3 is 2.50 bits per heavy atom. The fourth-order valence-corrected chi connectivity index (χ4v) is 2.78. The summed E-state index contributed by atoms with van der Waals surface area (Å²) in [6.07, 6.45) is 1.48. The molecule has 20 heavy (non-hydrogen) atoms. The smallest absolute Gasteiger partial charge is 0.152 e. The Balaban J connectivity index is 2.03. The van der Waals surface area contributed by atoms with Crippen LogP contribution in [-0.2, 0) is 11.2 Å². The quantitative estimate of drug-likeness (QED) is 0.654. The van der Waals surface area contributed by atoms with E-state index in [4.69, 9.17) is 0 Å². The van der Waals surface area contributed by atoms with Gasteiger partial charge in [-0.2, -0.15) is 0 Å². The van der Waals surface area contributed by atoms with Gasteiger partial charge in [0.05, 0.1) is 0 Å². The fourth-order valence-electron chi connectivity index (χ4n) is 1.84. The molecule has 1 atom stereocenters. The third kappa shape index (κ3) is 4.51. The number of thioether (sulfide) groups is 1. The molecule has 104 valence electrons. The Bertz CT molecular complexity index is 564. The average Bonchev–Trinajstić information content (AvgIpc) is 2.47. The Labute approximate surface area is 123 Å². The van der Waals surface area contributed by atoms with Crippen molar-refractivity contribution in [3.05, 3.63) is 65.7 Å². The molecular formula is C17H18O2S. The second kappa shape index (κ2) is 6.73. The number of aliphatic hydroxyl groups is 1. The number of carbonyl (C=O) groups is 1. The molecule has 3 heteroatoms. The van der Waals surface area contributed by atoms with Gasteiger partial charge in [-0.1, -0.05) is 42.5 Å². The van der Waals surface area contributed by atoms with Crippen LogP contribution in [0.1, 0.15) is 18.1 Å². The molecule has 1 unspecified atom stereocenters. The molecule has 0 saturated heterocycles. The van der Waals surface area contributed by atoms with Crippen LogP contribution in [-0.4, -0.2) is 22.7 Å². The van der Waals surface area contributed by atoms with Crippen molar-refractivity contribution < 1.29 is 9.90 Å². The van der Waals surface area contributed by atoms with Gasteiger partial charge in [0.2, 0.25) is 0 Å². The number of rotatable bonds is 6. The third-order valence-electron chi connectivity index (χ3n) is 2.93. The first kappa shape index (κ1) is 14.8. The van der Waals surface area contributed by atoms with E-state index >= 15 is 0 Å². The van der Waals surface area contributed by atoms with Crippen molar-refractivity contribution >= 4 is 18.0 Å². The van der Waals surface area contributed by atoms with Gasteiger partial charge in [0.1, 0.15) is 5.60 Å². The molecule has 1 N–H and O–H groups in total. The first-order chi connectivity index (χ1) is 9.59. The van der Waals surface area contributed by atoms with Gasteiger partial charge in [0, 0.05) is 10.6 Å². The summed E-state index contributed by atoms with van der Waals surface area (Å²) in [5.74, 6) is 0.366. The molecule has 2 nitrogen and oxygen atoms in total. The Hall–Kier alpha value is -1.58. The normalized spacial score (nSPS) is 13.7. The van der Waals surface area contributed by atoms with Crippen LogP contribution in [0.3, 0.4) is 0 Å². The summed E-state index contributed by atoms with van der Waals surface area (Å²) in [5, 5.41) is 9.70. The van der Waals surface area contributed by atoms with Crippen molar-refractivity contribution in [1.82, 2.24) is 0 Å². The van der Waals surface area contributed by atoms with Crippen molar-refractivity contribution in [1.29, 1.82) is 0 Å². The minimum absolute atomic E-state index is 0.366. The predicted molar refractivity (Wildman–Crippen MR) is 83.1 cm³/mol. The number of benzene rings is 2. The van der Waals surface area contributed by atoms with Gasteiger partial charge in [0.15, 0.2) is 6.29 Å². The number of hydrogen-bond acceptors (Lipinski definition) is 3. The second-order valence-corrected chi connectivity index (χ2v) is 6.12. The van der Waals surface area contributed by atoms with Crippen LogP contribution >= 0.6 is 11.8 Å². The van der Waals surface area contributed by atoms with E-state index in [1.807, 2.05) is 30.3 Å². The maximum Gasteiger partial charge on any atom is 0.152 e. The highest BCUT2D eigenvalue weighted by molar-refractivity contribution is 7.99. The van der Waals surface area contributed by atoms with E-state index in [1.165, 1.54) is 29.8 Å². The Morgan fingerprint density at radius 1 is 1.10 bits per heavy atom. The predicted octanol–water partition coefficient (Wildman–Crippen LogP) is 3.32. The fraction of sp³-hybridized carbons (Fsp3) is 0.235. The lowest BCUT2D eigenvalue weighted by atomic mass is 10.1. The third-order valence-corrected chi connectivity index (χ3v) is 4.25. The van der Waals surface area contributed by atoms with Gasteiger partial charge in [0.25, 0.3) is 0 Å². The molecule has 2 aromatic carbocycles. The number of hydrogen-bond donors (Lipinski definition) is 1. The molecule has 0 bridgehead atoms. The van der Waals surface area contributed by atoms with Crippen molar-refractivity contribution in [2.75, 3.05) is 5.75 Å². The molecule has 0 radical (unpaired) electrons. The highest BCUT2D eigenvalue weighted by Crippen LogP contribution is 2.23. The topological polar surface area (TPSA) is 37.3 Å². The van der Waals surface area contributed by atoms with Crippen molar-refractivity contribution in [3.63, 3.8) is 0 Å². The van der Waals surface area contributed by atoms with Gasteiger partial charge >= 0.3 is 0 Å². The van der Waals surface area contributed by atoms with Gasteiger partial charge in [-0.15, -0.1) is 11.8 Å². The van der Waals surface area contributed by atoms with Crippen LogP contribution in [0.2, 0.25) is 0 Å². The molecule has 0 aromatic heterocycles. The van der Waals surface area contributed by atoms with Gasteiger partial charge in [-0.25, -0.2) is 0 Å². The molecule has 0 fully saturated rings. The zero-order valence-corrected chi connectivity index (χ0v) is 12.3. The van der Waals surface area contributed by atoms with Gasteiger partial charge in [-0.05, 0) is 36.6 Å². The number of carbonyl (C=O) groups excluding carboxylic acids is 1. The lowest BCUT2D eigenvalue weighted by Crippen LogP contribution is -2.28. The van der Waals surface area contributed by atoms with Crippen LogP contribution in [0.5, 0.6) is 0 Å². The van der Waals surface area contributed by atoms with Crippen LogP contribution in [0, 0.1) is 0 Å². The summed E-state index contributed by atoms with van der Waals surface area (Å²) in [6.45, 7) is 1.53. The maximum absolute atomic E-state index is 10.7. The Morgan fingerprint density at radius 2 is 1.80 bits per heavy atom. The van der Waals surface area contributed by atoms with Gasteiger partial charge in [-0.3, -0.25) is 0 Å². The highest BCUT2D eigenvalue weighted by atomic mass is 32.2. The molecule has 0 heterocycles. The summed E-state index contributed by atoms with van der Waals surface area (Å²) >= 11 is 1.50. The van der Waals surface area contributed by atoms with Crippen LogP contribution in [0.15, 0.2) is 59.5 Å². The van der Waals surface area contributed by atoms with E-state index < -0.39 is 5.60 Å². The molecular weight excluding hydrogens is 268 g/mol. The van der Waals surface area contributed by atoms with Crippen LogP contribution < -0.4 is 0 Å². The molecule has 0 amide bonds. The number of aldehydes is 1. The summed E-state index contributed by atoms with van der Waals surface area (Å²) in [7, 11) is 0. The lowest BCUT2D eigenvalue weighted by molar-refractivity contribution is -0.120. The standard InChI is InChI=1S/C17H18O2S/c1-17(19,12-18)13-20-16-9-5-8-15(11-16)10-14-6-3-2-4-7-14/h2-9,11-12,19H,10,13H2,1H3. The minimum Gasteiger partial charge on any atom is -0.382 e. The second-order valence-electron chi connectivity index (χ2n) is 5.07. The first-order valence-corrected chi connectivity index (χ1v) is 7.52. The lowest BCUT2D eigenvalue weighted by Gasteiger charge is -2.15. The van der Waals surface area contributed by atoms with E-state index in [0.29, 0.717) is 12.0 Å². The molecule has 0 aliphatic heterocycles. The summed E-state index contributed by atoms with van der Waals surface area (Å²) in [4.78, 5) is 11.8.